The molecule has 0 saturated carbocycles. The van der Waals surface area contributed by atoms with E-state index in [9.17, 15) is 0 Å². The van der Waals surface area contributed by atoms with Gasteiger partial charge in [0.1, 0.15) is 5.49 Å². The molecular weight excluding hydrogens is 446 g/mol. The summed E-state index contributed by atoms with van der Waals surface area (Å²) in [6.45, 7) is 9.04. The topological polar surface area (TPSA) is 73.9 Å². The molecule has 0 bridgehead atoms. The van der Waals surface area contributed by atoms with E-state index < -0.39 is 0 Å². The molecule has 0 radical (unpaired) electrons. The van der Waals surface area contributed by atoms with E-state index >= 15 is 0 Å². The van der Waals surface area contributed by atoms with Crippen LogP contribution < -0.4 is 10.4 Å². The van der Waals surface area contributed by atoms with Crippen LogP contribution >= 0.6 is 0 Å². The van der Waals surface area contributed by atoms with Crippen molar-refractivity contribution in [1.82, 2.24) is 24.6 Å². The minimum absolute atomic E-state index is 0.531. The third-order valence-electron chi connectivity index (χ3n) is 7.45. The number of anilines is 1. The van der Waals surface area contributed by atoms with Crippen LogP contribution in [0, 0.1) is 5.41 Å². The summed E-state index contributed by atoms with van der Waals surface area (Å²) >= 11 is 0. The molecule has 3 heterocycles. The molecule has 0 atom stereocenters. The van der Waals surface area contributed by atoms with E-state index in [2.05, 4.69) is 50.6 Å². The second kappa shape index (κ2) is 11.5. The lowest BCUT2D eigenvalue weighted by Gasteiger charge is -2.37. The molecule has 188 valence electrons. The Morgan fingerprint density at radius 1 is 0.861 bits per heavy atom. The van der Waals surface area contributed by atoms with Gasteiger partial charge in [-0.15, -0.1) is 0 Å². The third-order valence-corrected chi connectivity index (χ3v) is 7.45. The summed E-state index contributed by atoms with van der Waals surface area (Å²) in [5.41, 5.74) is 6.69. The van der Waals surface area contributed by atoms with Gasteiger partial charge in [-0.25, -0.2) is 14.6 Å². The van der Waals surface area contributed by atoms with Crippen molar-refractivity contribution in [3.63, 3.8) is 0 Å². The first kappa shape index (κ1) is 24.2. The van der Waals surface area contributed by atoms with Gasteiger partial charge < -0.3 is 9.80 Å². The first-order chi connectivity index (χ1) is 17.7. The molecule has 36 heavy (non-hydrogen) atoms. The number of nitrogens with zero attached hydrogens (tertiary/aromatic N) is 6. The SMILES string of the molecule is C=C(CCCCCCCn1nc2c(cc1=N)CCc1ccccc1-2)N1CCN(c2ncccn2)CC1. The normalized spacial score (nSPS) is 14.9. The summed E-state index contributed by atoms with van der Waals surface area (Å²) in [6.07, 6.45) is 12.6. The van der Waals surface area contributed by atoms with Crippen LogP contribution in [-0.4, -0.2) is 50.8 Å². The highest BCUT2D eigenvalue weighted by molar-refractivity contribution is 5.68. The smallest absolute Gasteiger partial charge is 0.225 e. The number of hydrogen-bond acceptors (Lipinski definition) is 6. The quantitative estimate of drug-likeness (QED) is 0.427. The maximum Gasteiger partial charge on any atom is 0.225 e. The molecule has 0 spiro atoms. The highest BCUT2D eigenvalue weighted by Gasteiger charge is 2.20. The van der Waals surface area contributed by atoms with Gasteiger partial charge >= 0.3 is 0 Å². The predicted molar refractivity (Wildman–Crippen MR) is 144 cm³/mol. The maximum atomic E-state index is 8.42. The largest absolute Gasteiger partial charge is 0.372 e. The van der Waals surface area contributed by atoms with E-state index in [-0.39, 0.29) is 0 Å². The summed E-state index contributed by atoms with van der Waals surface area (Å²) in [5, 5.41) is 13.3. The number of allylic oxidation sites excluding steroid dienone is 1. The van der Waals surface area contributed by atoms with Gasteiger partial charge in [-0.3, -0.25) is 5.41 Å². The molecule has 1 aliphatic carbocycles. The van der Waals surface area contributed by atoms with Crippen molar-refractivity contribution in [2.75, 3.05) is 31.1 Å². The van der Waals surface area contributed by atoms with E-state index in [4.69, 9.17) is 10.5 Å². The Morgan fingerprint density at radius 3 is 2.42 bits per heavy atom. The van der Waals surface area contributed by atoms with Gasteiger partial charge in [0.05, 0.1) is 5.69 Å². The Kier molecular flexibility index (Phi) is 7.74. The first-order valence-electron chi connectivity index (χ1n) is 13.4. The molecule has 5 rings (SSSR count). The van der Waals surface area contributed by atoms with Crippen LogP contribution in [0.1, 0.15) is 49.7 Å². The fraction of sp³-hybridized carbons (Fsp3) is 0.448. The molecular formula is C29H37N7. The lowest BCUT2D eigenvalue weighted by molar-refractivity contribution is 0.308. The lowest BCUT2D eigenvalue weighted by atomic mass is 9.89. The van der Waals surface area contributed by atoms with E-state index in [1.165, 1.54) is 48.1 Å². The second-order valence-corrected chi connectivity index (χ2v) is 9.89. The molecule has 0 amide bonds. The Balaban J connectivity index is 1.00. The van der Waals surface area contributed by atoms with Crippen molar-refractivity contribution in [2.24, 2.45) is 0 Å². The predicted octanol–water partition coefficient (Wildman–Crippen LogP) is 4.59. The summed E-state index contributed by atoms with van der Waals surface area (Å²) in [7, 11) is 0. The summed E-state index contributed by atoms with van der Waals surface area (Å²) in [4.78, 5) is 13.4. The molecule has 7 nitrogen and oxygen atoms in total. The van der Waals surface area contributed by atoms with Gasteiger partial charge in [-0.2, -0.15) is 5.10 Å². The van der Waals surface area contributed by atoms with Crippen molar-refractivity contribution >= 4 is 5.95 Å². The van der Waals surface area contributed by atoms with Crippen molar-refractivity contribution in [3.05, 3.63) is 77.7 Å². The third kappa shape index (κ3) is 5.66. The molecule has 3 aromatic rings. The van der Waals surface area contributed by atoms with Crippen molar-refractivity contribution in [2.45, 2.75) is 57.9 Å². The van der Waals surface area contributed by atoms with Crippen molar-refractivity contribution in [1.29, 1.82) is 5.41 Å². The summed E-state index contributed by atoms with van der Waals surface area (Å²) in [5.74, 6) is 0.828. The number of nitrogens with one attached hydrogen (secondary N) is 1. The molecule has 1 saturated heterocycles. The molecule has 1 fully saturated rings. The average molecular weight is 484 g/mol. The van der Waals surface area contributed by atoms with Crippen LogP contribution in [-0.2, 0) is 19.4 Å². The van der Waals surface area contributed by atoms with Crippen LogP contribution in [0.4, 0.5) is 5.95 Å². The number of hydrogen-bond donors (Lipinski definition) is 1. The Bertz CT molecular complexity index is 1230. The number of unbranched alkanes of at least 4 members (excludes halogenated alkanes) is 4. The van der Waals surface area contributed by atoms with Gasteiger partial charge in [-0.1, -0.05) is 50.1 Å². The molecule has 1 aromatic carbocycles. The molecule has 7 heteroatoms. The second-order valence-electron chi connectivity index (χ2n) is 9.89. The van der Waals surface area contributed by atoms with Gasteiger partial charge in [0.25, 0.3) is 0 Å². The zero-order valence-electron chi connectivity index (χ0n) is 21.2. The van der Waals surface area contributed by atoms with E-state index in [1.807, 2.05) is 16.8 Å². The van der Waals surface area contributed by atoms with Gasteiger partial charge in [-0.05, 0) is 55.4 Å². The zero-order chi connectivity index (χ0) is 24.7. The number of fused-ring (bicyclic) bond motifs is 3. The van der Waals surface area contributed by atoms with Gasteiger partial charge in [0, 0.05) is 56.4 Å². The van der Waals surface area contributed by atoms with Crippen molar-refractivity contribution in [3.8, 4) is 11.3 Å². The van der Waals surface area contributed by atoms with Crippen LogP contribution in [0.2, 0.25) is 0 Å². The number of aromatic nitrogens is 4. The van der Waals surface area contributed by atoms with E-state index in [1.54, 1.807) is 12.4 Å². The van der Waals surface area contributed by atoms with Gasteiger partial charge in [0.2, 0.25) is 5.95 Å². The minimum atomic E-state index is 0.531. The Morgan fingerprint density at radius 2 is 1.58 bits per heavy atom. The summed E-state index contributed by atoms with van der Waals surface area (Å²) in [6, 6.07) is 12.4. The van der Waals surface area contributed by atoms with Crippen LogP contribution in [0.15, 0.2) is 61.1 Å². The fourth-order valence-electron chi connectivity index (χ4n) is 5.33. The number of benzene rings is 1. The Labute approximate surface area is 214 Å². The number of piperazine rings is 1. The number of aryl methyl sites for hydroxylation is 3. The fourth-order valence-corrected chi connectivity index (χ4v) is 5.33. The monoisotopic (exact) mass is 483 g/mol. The standard InChI is InChI=1S/C29H37N7/c1-23(34-18-20-35(21-19-34)29-31-15-9-16-32-29)10-5-3-2-4-8-17-36-27(30)22-25-14-13-24-11-6-7-12-26(24)28(25)33-36/h6-7,9,11-12,15-16,22,30H,1-5,8,10,13-14,17-21H2. The Hall–Kier alpha value is -3.48. The van der Waals surface area contributed by atoms with Crippen molar-refractivity contribution < 1.29 is 0 Å². The highest BCUT2D eigenvalue weighted by atomic mass is 15.3. The average Bonchev–Trinajstić information content (AvgIpc) is 2.93. The van der Waals surface area contributed by atoms with Crippen LogP contribution in [0.3, 0.4) is 0 Å². The van der Waals surface area contributed by atoms with Gasteiger partial charge in [0.15, 0.2) is 0 Å². The maximum absolute atomic E-state index is 8.42. The molecule has 2 aromatic heterocycles. The molecule has 1 aliphatic heterocycles. The lowest BCUT2D eigenvalue weighted by Crippen LogP contribution is -2.46. The first-order valence-corrected chi connectivity index (χ1v) is 13.4. The van der Waals surface area contributed by atoms with Crippen LogP contribution in [0.5, 0.6) is 0 Å². The number of rotatable bonds is 10. The molecule has 0 unspecified atom stereocenters. The van der Waals surface area contributed by atoms with Crippen LogP contribution in [0.25, 0.3) is 11.3 Å². The molecule has 1 N–H and O–H groups in total. The van der Waals surface area contributed by atoms with E-state index in [0.717, 1.165) is 70.0 Å². The summed E-state index contributed by atoms with van der Waals surface area (Å²) < 4.78 is 1.89. The van der Waals surface area contributed by atoms with E-state index in [0.29, 0.717) is 5.49 Å². The molecule has 2 aliphatic rings. The minimum Gasteiger partial charge on any atom is -0.372 e. The highest BCUT2D eigenvalue weighted by Crippen LogP contribution is 2.30. The zero-order valence-corrected chi connectivity index (χ0v) is 21.2.